The maximum absolute atomic E-state index is 6.99. The summed E-state index contributed by atoms with van der Waals surface area (Å²) in [5.74, 6) is -0.00967. The average Bonchev–Trinajstić information content (AvgIpc) is 1.99. The van der Waals surface area contributed by atoms with Crippen LogP contribution in [-0.4, -0.2) is 19.0 Å². The summed E-state index contributed by atoms with van der Waals surface area (Å²) in [7, 11) is 1.62. The monoisotopic (exact) mass is 154 g/mol. The first kappa shape index (κ1) is 9.91. The van der Waals surface area contributed by atoms with Gasteiger partial charge in [0.05, 0.1) is 6.10 Å². The lowest BCUT2D eigenvalue weighted by atomic mass is 10.2. The molecule has 0 aromatic carbocycles. The molecule has 0 saturated carbocycles. The molecule has 62 valence electrons. The van der Waals surface area contributed by atoms with Gasteiger partial charge in [0.1, 0.15) is 5.84 Å². The van der Waals surface area contributed by atoms with E-state index in [1.807, 2.05) is 6.92 Å². The summed E-state index contributed by atoms with van der Waals surface area (Å²) >= 11 is 0. The number of methoxy groups -OCH3 is 1. The maximum Gasteiger partial charge on any atom is 0.122 e. The zero-order valence-electron chi connectivity index (χ0n) is 6.92. The molecule has 0 aliphatic rings. The van der Waals surface area contributed by atoms with Crippen LogP contribution in [-0.2, 0) is 4.74 Å². The summed E-state index contributed by atoms with van der Waals surface area (Å²) in [4.78, 5) is 0. The molecule has 0 fully saturated rings. The summed E-state index contributed by atoms with van der Waals surface area (Å²) in [6, 6.07) is 0. The zero-order chi connectivity index (χ0) is 8.85. The number of rotatable bonds is 4. The van der Waals surface area contributed by atoms with Crippen LogP contribution < -0.4 is 5.73 Å². The summed E-state index contributed by atoms with van der Waals surface area (Å²) < 4.78 is 4.94. The first-order valence-electron chi connectivity index (χ1n) is 3.32. The standard InChI is InChI=1S/C8H14N2O/c1-6(8(9)10)4-5-7(2)11-3/h4-5,7H,1H2,2-3H3,(H3,9,10)/b5-4-. The molecule has 0 radical (unpaired) electrons. The molecule has 0 spiro atoms. The molecule has 0 bridgehead atoms. The van der Waals surface area contributed by atoms with E-state index in [4.69, 9.17) is 15.9 Å². The van der Waals surface area contributed by atoms with Gasteiger partial charge in [0.15, 0.2) is 0 Å². The Morgan fingerprint density at radius 3 is 2.64 bits per heavy atom. The van der Waals surface area contributed by atoms with Gasteiger partial charge in [-0.05, 0) is 6.92 Å². The summed E-state index contributed by atoms with van der Waals surface area (Å²) in [5, 5.41) is 6.99. The lowest BCUT2D eigenvalue weighted by molar-refractivity contribution is 0.156. The molecule has 0 heterocycles. The van der Waals surface area contributed by atoms with Crippen LogP contribution in [0.1, 0.15) is 6.92 Å². The van der Waals surface area contributed by atoms with E-state index < -0.39 is 0 Å². The van der Waals surface area contributed by atoms with Crippen LogP contribution in [0, 0.1) is 5.41 Å². The highest BCUT2D eigenvalue weighted by Gasteiger charge is 1.93. The van der Waals surface area contributed by atoms with E-state index >= 15 is 0 Å². The molecule has 3 nitrogen and oxygen atoms in total. The van der Waals surface area contributed by atoms with Crippen molar-refractivity contribution in [2.75, 3.05) is 7.11 Å². The fraction of sp³-hybridized carbons (Fsp3) is 0.375. The van der Waals surface area contributed by atoms with Crippen molar-refractivity contribution < 1.29 is 4.74 Å². The zero-order valence-corrected chi connectivity index (χ0v) is 6.92. The molecular weight excluding hydrogens is 140 g/mol. The topological polar surface area (TPSA) is 59.1 Å². The second-order valence-electron chi connectivity index (χ2n) is 2.24. The molecule has 1 unspecified atom stereocenters. The average molecular weight is 154 g/mol. The highest BCUT2D eigenvalue weighted by atomic mass is 16.5. The van der Waals surface area contributed by atoms with E-state index in [-0.39, 0.29) is 11.9 Å². The van der Waals surface area contributed by atoms with Crippen molar-refractivity contribution in [3.05, 3.63) is 24.3 Å². The van der Waals surface area contributed by atoms with Crippen LogP contribution in [0.2, 0.25) is 0 Å². The van der Waals surface area contributed by atoms with Crippen molar-refractivity contribution >= 4 is 5.84 Å². The molecule has 3 N–H and O–H groups in total. The van der Waals surface area contributed by atoms with E-state index in [0.29, 0.717) is 5.57 Å². The first-order valence-corrected chi connectivity index (χ1v) is 3.32. The van der Waals surface area contributed by atoms with Gasteiger partial charge in [0, 0.05) is 12.7 Å². The molecule has 0 aromatic heterocycles. The van der Waals surface area contributed by atoms with Gasteiger partial charge < -0.3 is 10.5 Å². The normalized spacial score (nSPS) is 13.3. The summed E-state index contributed by atoms with van der Waals surface area (Å²) in [6.07, 6.45) is 3.51. The van der Waals surface area contributed by atoms with E-state index in [2.05, 4.69) is 6.58 Å². The Hall–Kier alpha value is -1.09. The van der Waals surface area contributed by atoms with Crippen LogP contribution >= 0.6 is 0 Å². The molecule has 0 aliphatic heterocycles. The SMILES string of the molecule is C=C(/C=C\C(C)OC)C(=N)N. The fourth-order valence-corrected chi connectivity index (χ4v) is 0.420. The Morgan fingerprint density at radius 2 is 2.27 bits per heavy atom. The van der Waals surface area contributed by atoms with E-state index in [1.165, 1.54) is 0 Å². The minimum absolute atomic E-state index is 0.00967. The number of amidine groups is 1. The highest BCUT2D eigenvalue weighted by molar-refractivity contribution is 5.96. The Labute approximate surface area is 67.1 Å². The van der Waals surface area contributed by atoms with Crippen LogP contribution in [0.3, 0.4) is 0 Å². The van der Waals surface area contributed by atoms with Crippen molar-refractivity contribution in [2.24, 2.45) is 5.73 Å². The number of hydrogen-bond acceptors (Lipinski definition) is 2. The predicted octanol–water partition coefficient (Wildman–Crippen LogP) is 1.07. The summed E-state index contributed by atoms with van der Waals surface area (Å²) in [5.41, 5.74) is 5.66. The van der Waals surface area contributed by atoms with Gasteiger partial charge in [-0.3, -0.25) is 5.41 Å². The van der Waals surface area contributed by atoms with Crippen LogP contribution in [0.25, 0.3) is 0 Å². The Bertz CT molecular complexity index is 185. The second-order valence-corrected chi connectivity index (χ2v) is 2.24. The molecule has 0 amide bonds. The van der Waals surface area contributed by atoms with E-state index in [9.17, 15) is 0 Å². The van der Waals surface area contributed by atoms with Gasteiger partial charge in [-0.25, -0.2) is 0 Å². The molecular formula is C8H14N2O. The minimum Gasteiger partial charge on any atom is -0.384 e. The Morgan fingerprint density at radius 1 is 1.73 bits per heavy atom. The maximum atomic E-state index is 6.99. The lowest BCUT2D eigenvalue weighted by Crippen LogP contribution is -2.10. The van der Waals surface area contributed by atoms with Crippen molar-refractivity contribution in [2.45, 2.75) is 13.0 Å². The quantitative estimate of drug-likeness (QED) is 0.361. The minimum atomic E-state index is -0.00967. The highest BCUT2D eigenvalue weighted by Crippen LogP contribution is 1.95. The number of nitrogens with two attached hydrogens (primary N) is 1. The largest absolute Gasteiger partial charge is 0.384 e. The van der Waals surface area contributed by atoms with Gasteiger partial charge in [-0.15, -0.1) is 0 Å². The van der Waals surface area contributed by atoms with Gasteiger partial charge in [-0.2, -0.15) is 0 Å². The third kappa shape index (κ3) is 4.33. The predicted molar refractivity (Wildman–Crippen MR) is 46.7 cm³/mol. The van der Waals surface area contributed by atoms with Crippen molar-refractivity contribution in [3.8, 4) is 0 Å². The van der Waals surface area contributed by atoms with Gasteiger partial charge >= 0.3 is 0 Å². The molecule has 0 aromatic rings. The molecule has 1 atom stereocenters. The molecule has 0 aliphatic carbocycles. The van der Waals surface area contributed by atoms with E-state index in [1.54, 1.807) is 19.3 Å². The molecule has 0 saturated heterocycles. The van der Waals surface area contributed by atoms with Crippen LogP contribution in [0.4, 0.5) is 0 Å². The second kappa shape index (κ2) is 4.68. The Balaban J connectivity index is 3.93. The molecule has 11 heavy (non-hydrogen) atoms. The van der Waals surface area contributed by atoms with Crippen molar-refractivity contribution in [1.82, 2.24) is 0 Å². The van der Waals surface area contributed by atoms with E-state index in [0.717, 1.165) is 0 Å². The van der Waals surface area contributed by atoms with Crippen molar-refractivity contribution in [3.63, 3.8) is 0 Å². The summed E-state index contributed by atoms with van der Waals surface area (Å²) in [6.45, 7) is 5.46. The Kier molecular flexibility index (Phi) is 4.22. The lowest BCUT2D eigenvalue weighted by Gasteiger charge is -2.01. The van der Waals surface area contributed by atoms with Gasteiger partial charge in [0.2, 0.25) is 0 Å². The third-order valence-corrected chi connectivity index (χ3v) is 1.29. The van der Waals surface area contributed by atoms with Crippen molar-refractivity contribution in [1.29, 1.82) is 5.41 Å². The molecule has 3 heteroatoms. The number of nitrogens with one attached hydrogen (secondary N) is 1. The smallest absolute Gasteiger partial charge is 0.122 e. The first-order chi connectivity index (χ1) is 5.07. The van der Waals surface area contributed by atoms with Crippen LogP contribution in [0.5, 0.6) is 0 Å². The number of hydrogen-bond donors (Lipinski definition) is 2. The molecule has 0 rings (SSSR count). The van der Waals surface area contributed by atoms with Gasteiger partial charge in [-0.1, -0.05) is 18.7 Å². The number of ether oxygens (including phenoxy) is 1. The van der Waals surface area contributed by atoms with Gasteiger partial charge in [0.25, 0.3) is 0 Å². The fourth-order valence-electron chi connectivity index (χ4n) is 0.420. The van der Waals surface area contributed by atoms with Crippen LogP contribution in [0.15, 0.2) is 24.3 Å². The third-order valence-electron chi connectivity index (χ3n) is 1.29.